The van der Waals surface area contributed by atoms with Crippen LogP contribution < -0.4 is 9.47 Å². The van der Waals surface area contributed by atoms with Gasteiger partial charge in [-0.1, -0.05) is 38.1 Å². The summed E-state index contributed by atoms with van der Waals surface area (Å²) in [6.45, 7) is 4.25. The van der Waals surface area contributed by atoms with Gasteiger partial charge in [-0.3, -0.25) is 4.98 Å². The zero-order valence-corrected chi connectivity index (χ0v) is 16.3. The van der Waals surface area contributed by atoms with Gasteiger partial charge in [-0.05, 0) is 36.1 Å². The maximum absolute atomic E-state index is 13.8. The van der Waals surface area contributed by atoms with Gasteiger partial charge < -0.3 is 9.47 Å². The first-order chi connectivity index (χ1) is 13.6. The Kier molecular flexibility index (Phi) is 6.24. The Balaban J connectivity index is 1.92. The minimum Gasteiger partial charge on any atom is -0.496 e. The molecule has 0 aliphatic rings. The second-order valence-electron chi connectivity index (χ2n) is 6.38. The third kappa shape index (κ3) is 3.98. The van der Waals surface area contributed by atoms with Crippen molar-refractivity contribution in [1.82, 2.24) is 4.98 Å². The maximum atomic E-state index is 13.8. The van der Waals surface area contributed by atoms with Crippen LogP contribution in [-0.4, -0.2) is 12.1 Å². The number of methoxy groups -OCH3 is 1. The van der Waals surface area contributed by atoms with Crippen LogP contribution in [0.5, 0.6) is 11.5 Å². The predicted molar refractivity (Wildman–Crippen MR) is 106 cm³/mol. The summed E-state index contributed by atoms with van der Waals surface area (Å²) in [4.78, 5) is 4.60. The van der Waals surface area contributed by atoms with E-state index in [9.17, 15) is 8.78 Å². The first kappa shape index (κ1) is 19.8. The van der Waals surface area contributed by atoms with Gasteiger partial charge in [0.2, 0.25) is 5.82 Å². The van der Waals surface area contributed by atoms with Crippen LogP contribution in [0.1, 0.15) is 30.5 Å². The van der Waals surface area contributed by atoms with Crippen LogP contribution in [-0.2, 0) is 19.4 Å². The van der Waals surface area contributed by atoms with Gasteiger partial charge in [0, 0.05) is 23.4 Å². The van der Waals surface area contributed by atoms with E-state index < -0.39 is 11.6 Å². The molecule has 3 rings (SSSR count). The van der Waals surface area contributed by atoms with E-state index in [1.807, 2.05) is 6.07 Å². The second-order valence-corrected chi connectivity index (χ2v) is 6.38. The van der Waals surface area contributed by atoms with Crippen molar-refractivity contribution in [2.45, 2.75) is 33.3 Å². The molecule has 3 aromatic rings. The monoisotopic (exact) mass is 383 g/mol. The molecule has 1 heterocycles. The molecule has 3 nitrogen and oxygen atoms in total. The van der Waals surface area contributed by atoms with Crippen molar-refractivity contribution >= 4 is 0 Å². The molecule has 0 unspecified atom stereocenters. The van der Waals surface area contributed by atoms with Crippen LogP contribution in [0, 0.1) is 11.6 Å². The molecule has 0 aliphatic heterocycles. The van der Waals surface area contributed by atoms with Crippen LogP contribution in [0.25, 0.3) is 11.3 Å². The largest absolute Gasteiger partial charge is 0.496 e. The van der Waals surface area contributed by atoms with Gasteiger partial charge in [0.15, 0.2) is 11.6 Å². The number of hydrogen-bond donors (Lipinski definition) is 0. The number of ether oxygens (including phenoxy) is 2. The Morgan fingerprint density at radius 1 is 0.893 bits per heavy atom. The first-order valence-electron chi connectivity index (χ1n) is 9.29. The number of benzene rings is 2. The highest BCUT2D eigenvalue weighted by atomic mass is 19.2. The zero-order valence-electron chi connectivity index (χ0n) is 16.3. The molecule has 0 fully saturated rings. The van der Waals surface area contributed by atoms with Crippen molar-refractivity contribution in [2.75, 3.05) is 7.11 Å². The number of hydrogen-bond acceptors (Lipinski definition) is 3. The van der Waals surface area contributed by atoms with Crippen LogP contribution in [0.15, 0.2) is 48.7 Å². The molecule has 146 valence electrons. The maximum Gasteiger partial charge on any atom is 0.200 e. The van der Waals surface area contributed by atoms with Crippen molar-refractivity contribution in [3.05, 3.63) is 77.0 Å². The number of aryl methyl sites for hydroxylation is 2. The standard InChI is InChI=1S/C23H23F2NO2/c1-4-15-8-6-9-16(5-2)22(15)19-12-21(27-3)17(13-26-19)14-28-20-11-7-10-18(24)23(20)25/h6-13H,4-5,14H2,1-3H3. The van der Waals surface area contributed by atoms with Crippen molar-refractivity contribution in [3.8, 4) is 22.8 Å². The van der Waals surface area contributed by atoms with E-state index in [-0.39, 0.29) is 12.4 Å². The van der Waals surface area contributed by atoms with Crippen molar-refractivity contribution in [3.63, 3.8) is 0 Å². The summed E-state index contributed by atoms with van der Waals surface area (Å²) in [7, 11) is 1.57. The molecule has 1 aromatic heterocycles. The summed E-state index contributed by atoms with van der Waals surface area (Å²) in [5, 5.41) is 0. The minimum absolute atomic E-state index is 0.0207. The normalized spacial score (nSPS) is 10.8. The smallest absolute Gasteiger partial charge is 0.200 e. The van der Waals surface area contributed by atoms with Gasteiger partial charge in [0.1, 0.15) is 12.4 Å². The third-order valence-electron chi connectivity index (χ3n) is 4.72. The fourth-order valence-corrected chi connectivity index (χ4v) is 3.22. The molecule has 0 bridgehead atoms. The summed E-state index contributed by atoms with van der Waals surface area (Å²) >= 11 is 0. The van der Waals surface area contributed by atoms with E-state index in [2.05, 4.69) is 37.0 Å². The van der Waals surface area contributed by atoms with E-state index in [0.29, 0.717) is 11.3 Å². The molecule has 0 aliphatic carbocycles. The number of halogens is 2. The van der Waals surface area contributed by atoms with Gasteiger partial charge in [0.05, 0.1) is 12.8 Å². The van der Waals surface area contributed by atoms with E-state index in [1.165, 1.54) is 23.3 Å². The Morgan fingerprint density at radius 3 is 2.21 bits per heavy atom. The summed E-state index contributed by atoms with van der Waals surface area (Å²) in [5.74, 6) is -1.50. The Hall–Kier alpha value is -2.95. The van der Waals surface area contributed by atoms with Gasteiger partial charge in [-0.2, -0.15) is 4.39 Å². The molecule has 0 saturated carbocycles. The fraction of sp³-hybridized carbons (Fsp3) is 0.261. The van der Waals surface area contributed by atoms with Crippen molar-refractivity contribution in [1.29, 1.82) is 0 Å². The molecular formula is C23H23F2NO2. The van der Waals surface area contributed by atoms with E-state index in [4.69, 9.17) is 9.47 Å². The molecule has 5 heteroatoms. The van der Waals surface area contributed by atoms with Crippen LogP contribution in [0.3, 0.4) is 0 Å². The zero-order chi connectivity index (χ0) is 20.1. The number of rotatable bonds is 7. The second kappa shape index (κ2) is 8.83. The fourth-order valence-electron chi connectivity index (χ4n) is 3.22. The summed E-state index contributed by atoms with van der Waals surface area (Å²) in [6.07, 6.45) is 3.46. The lowest BCUT2D eigenvalue weighted by molar-refractivity contribution is 0.277. The summed E-state index contributed by atoms with van der Waals surface area (Å²) in [5.41, 5.74) is 5.04. The molecule has 0 amide bonds. The third-order valence-corrected chi connectivity index (χ3v) is 4.72. The van der Waals surface area contributed by atoms with Gasteiger partial charge in [-0.25, -0.2) is 4.39 Å². The lowest BCUT2D eigenvalue weighted by atomic mass is 9.94. The Labute approximate surface area is 164 Å². The number of nitrogens with zero attached hydrogens (tertiary/aromatic N) is 1. The molecule has 0 saturated heterocycles. The molecular weight excluding hydrogens is 360 g/mol. The molecule has 0 N–H and O–H groups in total. The average molecular weight is 383 g/mol. The van der Waals surface area contributed by atoms with Crippen molar-refractivity contribution in [2.24, 2.45) is 0 Å². The molecule has 0 spiro atoms. The molecule has 0 atom stereocenters. The average Bonchev–Trinajstić information content (AvgIpc) is 2.74. The summed E-state index contributed by atoms with van der Waals surface area (Å²) < 4.78 is 38.1. The quantitative estimate of drug-likeness (QED) is 0.521. The van der Waals surface area contributed by atoms with E-state index >= 15 is 0 Å². The Morgan fingerprint density at radius 2 is 1.57 bits per heavy atom. The van der Waals surface area contributed by atoms with Crippen LogP contribution in [0.2, 0.25) is 0 Å². The number of pyridine rings is 1. The summed E-state index contributed by atoms with van der Waals surface area (Å²) in [6, 6.07) is 12.0. The molecule has 0 radical (unpaired) electrons. The highest BCUT2D eigenvalue weighted by Gasteiger charge is 2.15. The minimum atomic E-state index is -1.00. The molecule has 2 aromatic carbocycles. The van der Waals surface area contributed by atoms with Gasteiger partial charge >= 0.3 is 0 Å². The van der Waals surface area contributed by atoms with Crippen molar-refractivity contribution < 1.29 is 18.3 Å². The SMILES string of the molecule is CCc1cccc(CC)c1-c1cc(OC)c(COc2cccc(F)c2F)cn1. The number of aromatic nitrogens is 1. The lowest BCUT2D eigenvalue weighted by Gasteiger charge is -2.15. The molecule has 28 heavy (non-hydrogen) atoms. The van der Waals surface area contributed by atoms with Crippen LogP contribution in [0.4, 0.5) is 8.78 Å². The highest BCUT2D eigenvalue weighted by Crippen LogP contribution is 2.32. The topological polar surface area (TPSA) is 31.4 Å². The van der Waals surface area contributed by atoms with Gasteiger partial charge in [-0.15, -0.1) is 0 Å². The van der Waals surface area contributed by atoms with E-state index in [1.54, 1.807) is 13.3 Å². The predicted octanol–water partition coefficient (Wildman–Crippen LogP) is 5.74. The van der Waals surface area contributed by atoms with E-state index in [0.717, 1.165) is 30.2 Å². The Bertz CT molecular complexity index is 951. The van der Waals surface area contributed by atoms with Crippen LogP contribution >= 0.6 is 0 Å². The first-order valence-corrected chi connectivity index (χ1v) is 9.29. The van der Waals surface area contributed by atoms with Gasteiger partial charge in [0.25, 0.3) is 0 Å². The highest BCUT2D eigenvalue weighted by molar-refractivity contribution is 5.69. The lowest BCUT2D eigenvalue weighted by Crippen LogP contribution is -2.03.